The van der Waals surface area contributed by atoms with Gasteiger partial charge in [0.25, 0.3) is 0 Å². The van der Waals surface area contributed by atoms with Crippen LogP contribution in [0.1, 0.15) is 43.9 Å². The molecule has 1 aromatic carbocycles. The summed E-state index contributed by atoms with van der Waals surface area (Å²) in [6, 6.07) is 9.11. The summed E-state index contributed by atoms with van der Waals surface area (Å²) < 4.78 is 0. The minimum absolute atomic E-state index is 0.191. The normalized spacial score (nSPS) is 21.5. The molecule has 3 heteroatoms. The number of aliphatic carboxylic acids is 1. The molecule has 0 amide bonds. The summed E-state index contributed by atoms with van der Waals surface area (Å²) in [5.41, 5.74) is 2.66. The molecular formula is C16H23NO2. The first kappa shape index (κ1) is 14.1. The fraction of sp³-hybridized carbons (Fsp3) is 0.562. The fourth-order valence-electron chi connectivity index (χ4n) is 2.95. The van der Waals surface area contributed by atoms with Crippen LogP contribution < -0.4 is 0 Å². The summed E-state index contributed by atoms with van der Waals surface area (Å²) in [5.74, 6) is -0.845. The van der Waals surface area contributed by atoms with Crippen molar-refractivity contribution in [2.24, 2.45) is 5.92 Å². The van der Waals surface area contributed by atoms with Gasteiger partial charge in [0.15, 0.2) is 0 Å². The van der Waals surface area contributed by atoms with E-state index in [9.17, 15) is 4.79 Å². The number of carbonyl (C=O) groups is 1. The van der Waals surface area contributed by atoms with Crippen LogP contribution in [0.2, 0.25) is 0 Å². The van der Waals surface area contributed by atoms with Gasteiger partial charge in [0.1, 0.15) is 0 Å². The molecule has 0 saturated carbocycles. The molecule has 0 aromatic heterocycles. The molecule has 1 fully saturated rings. The number of hydrogen-bond donors (Lipinski definition) is 1. The minimum atomic E-state index is -0.654. The molecule has 1 N–H and O–H groups in total. The lowest BCUT2D eigenvalue weighted by atomic mass is 10.0. The third kappa shape index (κ3) is 3.16. The van der Waals surface area contributed by atoms with Crippen LogP contribution in [0, 0.1) is 5.92 Å². The maximum absolute atomic E-state index is 11.1. The lowest BCUT2D eigenvalue weighted by molar-refractivity contribution is -0.141. The molecule has 1 saturated heterocycles. The first-order valence-electron chi connectivity index (χ1n) is 7.21. The monoisotopic (exact) mass is 261 g/mol. The third-order valence-electron chi connectivity index (χ3n) is 4.17. The summed E-state index contributed by atoms with van der Waals surface area (Å²) in [5, 5.41) is 9.10. The van der Waals surface area contributed by atoms with E-state index in [1.54, 1.807) is 0 Å². The summed E-state index contributed by atoms with van der Waals surface area (Å²) in [6.45, 7) is 5.91. The van der Waals surface area contributed by atoms with Crippen molar-refractivity contribution in [1.29, 1.82) is 0 Å². The van der Waals surface area contributed by atoms with Crippen molar-refractivity contribution in [2.45, 2.75) is 39.2 Å². The largest absolute Gasteiger partial charge is 0.481 e. The molecule has 19 heavy (non-hydrogen) atoms. The Bertz CT molecular complexity index is 427. The predicted molar refractivity (Wildman–Crippen MR) is 76.2 cm³/mol. The second-order valence-electron chi connectivity index (χ2n) is 5.34. The van der Waals surface area contributed by atoms with Crippen molar-refractivity contribution in [3.05, 3.63) is 35.4 Å². The molecule has 1 heterocycles. The molecule has 0 spiro atoms. The number of likely N-dealkylation sites (tertiary alicyclic amines) is 1. The van der Waals surface area contributed by atoms with E-state index in [4.69, 9.17) is 5.11 Å². The van der Waals surface area contributed by atoms with Gasteiger partial charge in [-0.15, -0.1) is 0 Å². The second kappa shape index (κ2) is 6.20. The first-order valence-corrected chi connectivity index (χ1v) is 7.21. The molecule has 0 bridgehead atoms. The number of hydrogen-bond acceptors (Lipinski definition) is 2. The van der Waals surface area contributed by atoms with Gasteiger partial charge < -0.3 is 5.11 Å². The van der Waals surface area contributed by atoms with E-state index in [2.05, 4.69) is 43.0 Å². The Morgan fingerprint density at radius 2 is 2.05 bits per heavy atom. The summed E-state index contributed by atoms with van der Waals surface area (Å²) in [4.78, 5) is 13.4. The molecule has 1 aliphatic heterocycles. The van der Waals surface area contributed by atoms with Crippen molar-refractivity contribution in [3.8, 4) is 0 Å². The molecule has 3 nitrogen and oxygen atoms in total. The van der Waals surface area contributed by atoms with Crippen molar-refractivity contribution >= 4 is 5.97 Å². The molecule has 2 rings (SSSR count). The van der Waals surface area contributed by atoms with Crippen molar-refractivity contribution in [1.82, 2.24) is 4.90 Å². The van der Waals surface area contributed by atoms with Crippen LogP contribution in [0.5, 0.6) is 0 Å². The zero-order valence-corrected chi connectivity index (χ0v) is 11.8. The van der Waals surface area contributed by atoms with E-state index >= 15 is 0 Å². The van der Waals surface area contributed by atoms with E-state index in [1.165, 1.54) is 11.1 Å². The number of carboxylic acid groups (broad SMARTS) is 1. The van der Waals surface area contributed by atoms with E-state index in [1.807, 2.05) is 0 Å². The highest BCUT2D eigenvalue weighted by atomic mass is 16.4. The highest BCUT2D eigenvalue weighted by Crippen LogP contribution is 2.30. The highest BCUT2D eigenvalue weighted by molar-refractivity contribution is 5.70. The van der Waals surface area contributed by atoms with Gasteiger partial charge in [0.2, 0.25) is 0 Å². The third-order valence-corrected chi connectivity index (χ3v) is 4.17. The van der Waals surface area contributed by atoms with Crippen LogP contribution in [0.15, 0.2) is 24.3 Å². The predicted octanol–water partition coefficient (Wildman–Crippen LogP) is 3.11. The zero-order valence-electron chi connectivity index (χ0n) is 11.8. The first-order chi connectivity index (χ1) is 9.15. The van der Waals surface area contributed by atoms with Crippen LogP contribution in [-0.2, 0) is 11.2 Å². The average molecular weight is 261 g/mol. The van der Waals surface area contributed by atoms with Crippen LogP contribution in [0.25, 0.3) is 0 Å². The Hall–Kier alpha value is -1.35. The maximum atomic E-state index is 11.1. The molecular weight excluding hydrogens is 238 g/mol. The van der Waals surface area contributed by atoms with Crippen LogP contribution in [0.3, 0.4) is 0 Å². The zero-order chi connectivity index (χ0) is 13.8. The Balaban J connectivity index is 2.09. The van der Waals surface area contributed by atoms with E-state index < -0.39 is 5.97 Å². The lowest BCUT2D eigenvalue weighted by Crippen LogP contribution is -2.27. The molecule has 2 unspecified atom stereocenters. The van der Waals surface area contributed by atoms with Crippen LogP contribution in [-0.4, -0.2) is 29.1 Å². The standard InChI is InChI=1S/C16H23NO2/c1-3-12-5-7-13(8-6-12)15(4-2)17-10-9-14(11-17)16(18)19/h5-8,14-15H,3-4,9-11H2,1-2H3,(H,18,19). The fourth-order valence-corrected chi connectivity index (χ4v) is 2.95. The smallest absolute Gasteiger partial charge is 0.307 e. The van der Waals surface area contributed by atoms with E-state index in [-0.39, 0.29) is 5.92 Å². The van der Waals surface area contributed by atoms with Gasteiger partial charge in [-0.05, 0) is 36.9 Å². The SMILES string of the molecule is CCc1ccc(C(CC)N2CCC(C(=O)O)C2)cc1. The van der Waals surface area contributed by atoms with Gasteiger partial charge in [0.05, 0.1) is 5.92 Å². The van der Waals surface area contributed by atoms with Crippen LogP contribution in [0.4, 0.5) is 0 Å². The average Bonchev–Trinajstić information content (AvgIpc) is 2.90. The number of rotatable bonds is 5. The number of nitrogens with zero attached hydrogens (tertiary/aromatic N) is 1. The van der Waals surface area contributed by atoms with Crippen molar-refractivity contribution in [3.63, 3.8) is 0 Å². The van der Waals surface area contributed by atoms with Gasteiger partial charge in [-0.1, -0.05) is 38.1 Å². The van der Waals surface area contributed by atoms with Gasteiger partial charge in [-0.25, -0.2) is 0 Å². The Morgan fingerprint density at radius 3 is 2.53 bits per heavy atom. The number of carboxylic acids is 1. The Kier molecular flexibility index (Phi) is 4.59. The summed E-state index contributed by atoms with van der Waals surface area (Å²) >= 11 is 0. The molecule has 2 atom stereocenters. The summed E-state index contributed by atoms with van der Waals surface area (Å²) in [6.07, 6.45) is 2.86. The molecule has 0 aliphatic carbocycles. The Labute approximate surface area is 115 Å². The minimum Gasteiger partial charge on any atom is -0.481 e. The lowest BCUT2D eigenvalue weighted by Gasteiger charge is -2.27. The number of aryl methyl sites for hydroxylation is 1. The molecule has 1 aromatic rings. The van der Waals surface area contributed by atoms with Gasteiger partial charge in [0, 0.05) is 12.6 Å². The van der Waals surface area contributed by atoms with E-state index in [0.29, 0.717) is 12.6 Å². The molecule has 0 radical (unpaired) electrons. The quantitative estimate of drug-likeness (QED) is 0.885. The van der Waals surface area contributed by atoms with Crippen molar-refractivity contribution in [2.75, 3.05) is 13.1 Å². The van der Waals surface area contributed by atoms with Gasteiger partial charge >= 0.3 is 5.97 Å². The summed E-state index contributed by atoms with van der Waals surface area (Å²) in [7, 11) is 0. The van der Waals surface area contributed by atoms with E-state index in [0.717, 1.165) is 25.8 Å². The second-order valence-corrected chi connectivity index (χ2v) is 5.34. The van der Waals surface area contributed by atoms with Crippen molar-refractivity contribution < 1.29 is 9.90 Å². The van der Waals surface area contributed by atoms with Gasteiger partial charge in [-0.2, -0.15) is 0 Å². The topological polar surface area (TPSA) is 40.5 Å². The Morgan fingerprint density at radius 1 is 1.37 bits per heavy atom. The number of benzene rings is 1. The van der Waals surface area contributed by atoms with Crippen LogP contribution >= 0.6 is 0 Å². The highest BCUT2D eigenvalue weighted by Gasteiger charge is 2.31. The molecule has 104 valence electrons. The van der Waals surface area contributed by atoms with Gasteiger partial charge in [-0.3, -0.25) is 9.69 Å². The molecule has 1 aliphatic rings. The maximum Gasteiger partial charge on any atom is 0.307 e.